The molecule has 8 nitrogen and oxygen atoms in total. The number of anilines is 1. The average Bonchev–Trinajstić information content (AvgIpc) is 2.98. The van der Waals surface area contributed by atoms with Gasteiger partial charge in [0.05, 0.1) is 24.5 Å². The standard InChI is InChI=1S/C13H16N6O2/c1-9(14)13-16-8-17-19(13)11-3-2-10(6-15-11)18-4-5-21-7-12(18)20/h2-3,6,8-9H,4-5,7,14H2,1H3. The average molecular weight is 288 g/mol. The summed E-state index contributed by atoms with van der Waals surface area (Å²) in [5.41, 5.74) is 6.59. The van der Waals surface area contributed by atoms with Gasteiger partial charge in [0.2, 0.25) is 0 Å². The lowest BCUT2D eigenvalue weighted by molar-refractivity contribution is -0.125. The van der Waals surface area contributed by atoms with E-state index in [1.165, 1.54) is 6.33 Å². The minimum Gasteiger partial charge on any atom is -0.370 e. The fourth-order valence-electron chi connectivity index (χ4n) is 2.19. The van der Waals surface area contributed by atoms with Gasteiger partial charge in [-0.15, -0.1) is 0 Å². The SMILES string of the molecule is CC(N)c1ncnn1-c1ccc(N2CCOCC2=O)cn1. The van der Waals surface area contributed by atoms with E-state index in [2.05, 4.69) is 15.1 Å². The summed E-state index contributed by atoms with van der Waals surface area (Å²) in [5.74, 6) is 1.19. The molecule has 3 heterocycles. The molecule has 1 saturated heterocycles. The van der Waals surface area contributed by atoms with Crippen LogP contribution in [0.15, 0.2) is 24.7 Å². The first kappa shape index (κ1) is 13.7. The van der Waals surface area contributed by atoms with E-state index in [4.69, 9.17) is 10.5 Å². The number of amides is 1. The number of morpholine rings is 1. The Morgan fingerprint density at radius 2 is 2.24 bits per heavy atom. The second-order valence-electron chi connectivity index (χ2n) is 4.79. The number of nitrogens with two attached hydrogens (primary N) is 1. The van der Waals surface area contributed by atoms with Crippen molar-refractivity contribution >= 4 is 11.6 Å². The first-order valence-corrected chi connectivity index (χ1v) is 6.67. The topological polar surface area (TPSA) is 99.2 Å². The van der Waals surface area contributed by atoms with Crippen LogP contribution >= 0.6 is 0 Å². The molecular formula is C13H16N6O2. The van der Waals surface area contributed by atoms with Crippen LogP contribution in [0.25, 0.3) is 5.82 Å². The number of pyridine rings is 1. The second kappa shape index (κ2) is 5.58. The van der Waals surface area contributed by atoms with Gasteiger partial charge in [-0.3, -0.25) is 4.79 Å². The maximum Gasteiger partial charge on any atom is 0.253 e. The lowest BCUT2D eigenvalue weighted by atomic mass is 10.3. The fourth-order valence-corrected chi connectivity index (χ4v) is 2.19. The van der Waals surface area contributed by atoms with E-state index in [0.29, 0.717) is 24.8 Å². The van der Waals surface area contributed by atoms with Gasteiger partial charge in [0.1, 0.15) is 12.9 Å². The quantitative estimate of drug-likeness (QED) is 0.856. The summed E-state index contributed by atoms with van der Waals surface area (Å²) in [6.45, 7) is 3.01. The van der Waals surface area contributed by atoms with Crippen LogP contribution < -0.4 is 10.6 Å². The van der Waals surface area contributed by atoms with Crippen molar-refractivity contribution < 1.29 is 9.53 Å². The molecule has 1 unspecified atom stereocenters. The van der Waals surface area contributed by atoms with E-state index in [1.54, 1.807) is 21.8 Å². The summed E-state index contributed by atoms with van der Waals surface area (Å²) >= 11 is 0. The van der Waals surface area contributed by atoms with E-state index in [-0.39, 0.29) is 18.6 Å². The molecule has 0 aliphatic carbocycles. The molecule has 2 N–H and O–H groups in total. The highest BCUT2D eigenvalue weighted by Crippen LogP contribution is 2.18. The number of hydrogen-bond acceptors (Lipinski definition) is 6. The third-order valence-corrected chi connectivity index (χ3v) is 3.23. The van der Waals surface area contributed by atoms with Crippen molar-refractivity contribution in [1.29, 1.82) is 0 Å². The van der Waals surface area contributed by atoms with Crippen LogP contribution in [0, 0.1) is 0 Å². The van der Waals surface area contributed by atoms with Crippen molar-refractivity contribution in [2.24, 2.45) is 5.73 Å². The van der Waals surface area contributed by atoms with Crippen molar-refractivity contribution in [2.75, 3.05) is 24.7 Å². The lowest BCUT2D eigenvalue weighted by Gasteiger charge is -2.26. The Morgan fingerprint density at radius 1 is 1.38 bits per heavy atom. The Kier molecular flexibility index (Phi) is 3.63. The molecule has 0 bridgehead atoms. The highest BCUT2D eigenvalue weighted by molar-refractivity contribution is 5.94. The van der Waals surface area contributed by atoms with Gasteiger partial charge in [0.25, 0.3) is 5.91 Å². The van der Waals surface area contributed by atoms with E-state index in [1.807, 2.05) is 13.0 Å². The largest absolute Gasteiger partial charge is 0.370 e. The minimum absolute atomic E-state index is 0.0622. The first-order chi connectivity index (χ1) is 10.2. The zero-order valence-electron chi connectivity index (χ0n) is 11.6. The van der Waals surface area contributed by atoms with Gasteiger partial charge in [-0.05, 0) is 19.1 Å². The van der Waals surface area contributed by atoms with Crippen molar-refractivity contribution in [2.45, 2.75) is 13.0 Å². The van der Waals surface area contributed by atoms with E-state index in [0.717, 1.165) is 5.69 Å². The molecule has 1 amide bonds. The Labute approximate surface area is 121 Å². The molecule has 2 aromatic rings. The highest BCUT2D eigenvalue weighted by Gasteiger charge is 2.20. The lowest BCUT2D eigenvalue weighted by Crippen LogP contribution is -2.41. The van der Waals surface area contributed by atoms with E-state index < -0.39 is 0 Å². The molecule has 0 radical (unpaired) electrons. The number of hydrogen-bond donors (Lipinski definition) is 1. The van der Waals surface area contributed by atoms with Gasteiger partial charge in [-0.1, -0.05) is 0 Å². The molecule has 110 valence electrons. The summed E-state index contributed by atoms with van der Waals surface area (Å²) in [4.78, 5) is 21.9. The number of ether oxygens (including phenoxy) is 1. The maximum atomic E-state index is 11.8. The molecule has 2 aromatic heterocycles. The third kappa shape index (κ3) is 2.63. The first-order valence-electron chi connectivity index (χ1n) is 6.67. The number of carbonyl (C=O) groups excluding carboxylic acids is 1. The van der Waals surface area contributed by atoms with Gasteiger partial charge in [-0.25, -0.2) is 9.97 Å². The zero-order chi connectivity index (χ0) is 14.8. The number of carbonyl (C=O) groups is 1. The monoisotopic (exact) mass is 288 g/mol. The number of rotatable bonds is 3. The molecule has 1 atom stereocenters. The van der Waals surface area contributed by atoms with Crippen LogP contribution in [-0.2, 0) is 9.53 Å². The molecule has 0 aromatic carbocycles. The van der Waals surface area contributed by atoms with E-state index in [9.17, 15) is 4.79 Å². The predicted molar refractivity (Wildman–Crippen MR) is 74.9 cm³/mol. The molecule has 1 fully saturated rings. The van der Waals surface area contributed by atoms with Gasteiger partial charge in [0.15, 0.2) is 11.6 Å². The summed E-state index contributed by atoms with van der Waals surface area (Å²) < 4.78 is 6.70. The third-order valence-electron chi connectivity index (χ3n) is 3.23. The molecule has 1 aliphatic heterocycles. The fraction of sp³-hybridized carbons (Fsp3) is 0.385. The van der Waals surface area contributed by atoms with Crippen molar-refractivity contribution in [1.82, 2.24) is 19.7 Å². The predicted octanol–water partition coefficient (Wildman–Crippen LogP) is 0.0452. The molecule has 0 saturated carbocycles. The van der Waals surface area contributed by atoms with Crippen LogP contribution in [0.5, 0.6) is 0 Å². The Bertz CT molecular complexity index is 636. The van der Waals surface area contributed by atoms with Crippen molar-refractivity contribution in [3.8, 4) is 5.82 Å². The van der Waals surface area contributed by atoms with Crippen molar-refractivity contribution in [3.05, 3.63) is 30.5 Å². The number of aromatic nitrogens is 4. The molecule has 0 spiro atoms. The normalized spacial score (nSPS) is 17.0. The Balaban J connectivity index is 1.87. The van der Waals surface area contributed by atoms with Gasteiger partial charge < -0.3 is 15.4 Å². The van der Waals surface area contributed by atoms with Crippen LogP contribution in [0.4, 0.5) is 5.69 Å². The minimum atomic E-state index is -0.241. The Hall–Kier alpha value is -2.32. The Morgan fingerprint density at radius 3 is 2.90 bits per heavy atom. The molecule has 8 heteroatoms. The van der Waals surface area contributed by atoms with Gasteiger partial charge in [-0.2, -0.15) is 9.78 Å². The number of nitrogens with zero attached hydrogens (tertiary/aromatic N) is 5. The summed E-state index contributed by atoms with van der Waals surface area (Å²) in [7, 11) is 0. The zero-order valence-corrected chi connectivity index (χ0v) is 11.6. The second-order valence-corrected chi connectivity index (χ2v) is 4.79. The van der Waals surface area contributed by atoms with E-state index >= 15 is 0 Å². The molecule has 21 heavy (non-hydrogen) atoms. The molecule has 3 rings (SSSR count). The van der Waals surface area contributed by atoms with Crippen LogP contribution in [0.2, 0.25) is 0 Å². The van der Waals surface area contributed by atoms with Gasteiger partial charge in [0, 0.05) is 6.54 Å². The maximum absolute atomic E-state index is 11.8. The summed E-state index contributed by atoms with van der Waals surface area (Å²) in [6.07, 6.45) is 3.09. The summed E-state index contributed by atoms with van der Waals surface area (Å²) in [6, 6.07) is 3.38. The van der Waals surface area contributed by atoms with Crippen molar-refractivity contribution in [3.63, 3.8) is 0 Å². The highest BCUT2D eigenvalue weighted by atomic mass is 16.5. The van der Waals surface area contributed by atoms with Gasteiger partial charge >= 0.3 is 0 Å². The molecular weight excluding hydrogens is 272 g/mol. The molecule has 1 aliphatic rings. The van der Waals surface area contributed by atoms with Crippen LogP contribution in [-0.4, -0.2) is 45.4 Å². The van der Waals surface area contributed by atoms with Crippen LogP contribution in [0.3, 0.4) is 0 Å². The summed E-state index contributed by atoms with van der Waals surface area (Å²) in [5, 5.41) is 4.13. The smallest absolute Gasteiger partial charge is 0.253 e. The van der Waals surface area contributed by atoms with Crippen LogP contribution in [0.1, 0.15) is 18.8 Å².